The molecule has 21 heavy (non-hydrogen) atoms. The second-order valence-electron chi connectivity index (χ2n) is 7.59. The molecule has 2 N–H and O–H groups in total. The van der Waals surface area contributed by atoms with Crippen molar-refractivity contribution < 1.29 is 0 Å². The van der Waals surface area contributed by atoms with Gasteiger partial charge in [-0.3, -0.25) is 0 Å². The number of anilines is 2. The third-order valence-electron chi connectivity index (χ3n) is 3.28. The molecular formula is C17H32N4. The van der Waals surface area contributed by atoms with Crippen LogP contribution in [-0.2, 0) is 6.42 Å². The lowest BCUT2D eigenvalue weighted by Crippen LogP contribution is -2.36. The van der Waals surface area contributed by atoms with Crippen LogP contribution in [0.5, 0.6) is 0 Å². The van der Waals surface area contributed by atoms with Gasteiger partial charge in [-0.1, -0.05) is 27.7 Å². The van der Waals surface area contributed by atoms with Crippen LogP contribution in [-0.4, -0.2) is 22.1 Å². The van der Waals surface area contributed by atoms with Crippen molar-refractivity contribution in [1.82, 2.24) is 9.97 Å². The third-order valence-corrected chi connectivity index (χ3v) is 3.28. The maximum atomic E-state index is 4.69. The van der Waals surface area contributed by atoms with Crippen LogP contribution in [0, 0.1) is 12.3 Å². The molecule has 0 aliphatic rings. The van der Waals surface area contributed by atoms with Crippen LogP contribution in [0.3, 0.4) is 0 Å². The van der Waals surface area contributed by atoms with E-state index in [-0.39, 0.29) is 11.0 Å². The van der Waals surface area contributed by atoms with Gasteiger partial charge < -0.3 is 10.6 Å². The lowest BCUT2D eigenvalue weighted by atomic mass is 9.82. The Labute approximate surface area is 130 Å². The minimum atomic E-state index is -0.00808. The second kappa shape index (κ2) is 6.63. The third kappa shape index (κ3) is 5.52. The van der Waals surface area contributed by atoms with Crippen LogP contribution in [0.1, 0.15) is 66.3 Å². The van der Waals surface area contributed by atoms with E-state index in [1.807, 2.05) is 0 Å². The summed E-state index contributed by atoms with van der Waals surface area (Å²) in [5.41, 5.74) is 1.36. The Hall–Kier alpha value is -1.32. The fourth-order valence-electron chi connectivity index (χ4n) is 2.87. The quantitative estimate of drug-likeness (QED) is 0.815. The normalized spacial score (nSPS) is 12.4. The first kappa shape index (κ1) is 17.7. The summed E-state index contributed by atoms with van der Waals surface area (Å²) in [6, 6.07) is 0. The van der Waals surface area contributed by atoms with Crippen LogP contribution in [0.15, 0.2) is 0 Å². The molecular weight excluding hydrogens is 260 g/mol. The van der Waals surface area contributed by atoms with Crippen molar-refractivity contribution in [3.8, 4) is 0 Å². The highest BCUT2D eigenvalue weighted by Gasteiger charge is 2.26. The van der Waals surface area contributed by atoms with E-state index in [0.29, 0.717) is 0 Å². The largest absolute Gasteiger partial charge is 0.370 e. The van der Waals surface area contributed by atoms with E-state index in [9.17, 15) is 0 Å². The van der Waals surface area contributed by atoms with E-state index < -0.39 is 0 Å². The van der Waals surface area contributed by atoms with Gasteiger partial charge in [-0.25, -0.2) is 9.97 Å². The summed E-state index contributed by atoms with van der Waals surface area (Å²) in [6.07, 6.45) is 1.91. The highest BCUT2D eigenvalue weighted by atomic mass is 15.1. The minimum Gasteiger partial charge on any atom is -0.370 e. The summed E-state index contributed by atoms with van der Waals surface area (Å²) >= 11 is 0. The van der Waals surface area contributed by atoms with Gasteiger partial charge in [-0.2, -0.15) is 0 Å². The minimum absolute atomic E-state index is 0.00808. The molecule has 1 heterocycles. The van der Waals surface area contributed by atoms with E-state index >= 15 is 0 Å². The first-order chi connectivity index (χ1) is 9.58. The van der Waals surface area contributed by atoms with Gasteiger partial charge in [0.25, 0.3) is 0 Å². The van der Waals surface area contributed by atoms with E-state index in [2.05, 4.69) is 76.0 Å². The van der Waals surface area contributed by atoms with Crippen molar-refractivity contribution in [2.24, 2.45) is 5.41 Å². The molecule has 0 bridgehead atoms. The summed E-state index contributed by atoms with van der Waals surface area (Å²) in [5, 5.41) is 6.96. The monoisotopic (exact) mass is 292 g/mol. The van der Waals surface area contributed by atoms with Crippen molar-refractivity contribution in [2.75, 3.05) is 17.2 Å². The number of nitrogens with one attached hydrogen (secondary N) is 2. The molecule has 0 unspecified atom stereocenters. The van der Waals surface area contributed by atoms with Crippen LogP contribution in [0.4, 0.5) is 11.6 Å². The Morgan fingerprint density at radius 1 is 0.952 bits per heavy atom. The van der Waals surface area contributed by atoms with Crippen LogP contribution >= 0.6 is 0 Å². The van der Waals surface area contributed by atoms with Gasteiger partial charge in [0, 0.05) is 24.1 Å². The summed E-state index contributed by atoms with van der Waals surface area (Å²) in [7, 11) is 0. The van der Waals surface area contributed by atoms with E-state index in [1.54, 1.807) is 0 Å². The number of aryl methyl sites for hydroxylation is 1. The molecule has 0 fully saturated rings. The molecule has 0 aliphatic carbocycles. The summed E-state index contributed by atoms with van der Waals surface area (Å²) in [4.78, 5) is 9.27. The van der Waals surface area contributed by atoms with Gasteiger partial charge in [-0.05, 0) is 39.5 Å². The maximum absolute atomic E-state index is 4.69. The summed E-state index contributed by atoms with van der Waals surface area (Å²) < 4.78 is 0. The Morgan fingerprint density at radius 3 is 2.00 bits per heavy atom. The molecule has 0 saturated heterocycles. The van der Waals surface area contributed by atoms with Crippen LogP contribution in [0.2, 0.25) is 0 Å². The Morgan fingerprint density at radius 2 is 1.52 bits per heavy atom. The van der Waals surface area contributed by atoms with Crippen molar-refractivity contribution in [3.63, 3.8) is 0 Å². The molecule has 4 heteroatoms. The first-order valence-corrected chi connectivity index (χ1v) is 7.97. The van der Waals surface area contributed by atoms with Gasteiger partial charge >= 0.3 is 0 Å². The number of aromatic nitrogens is 2. The topological polar surface area (TPSA) is 49.8 Å². The van der Waals surface area contributed by atoms with Crippen molar-refractivity contribution in [2.45, 2.75) is 73.8 Å². The Balaban J connectivity index is 3.09. The van der Waals surface area contributed by atoms with Crippen molar-refractivity contribution in [1.29, 1.82) is 0 Å². The molecule has 1 rings (SSSR count). The van der Waals surface area contributed by atoms with Gasteiger partial charge in [0.2, 0.25) is 0 Å². The lowest BCUT2D eigenvalue weighted by Gasteiger charge is -2.34. The zero-order chi connectivity index (χ0) is 16.3. The van der Waals surface area contributed by atoms with Crippen LogP contribution in [0.25, 0.3) is 0 Å². The molecule has 0 aliphatic heterocycles. The lowest BCUT2D eigenvalue weighted by molar-refractivity contribution is 0.302. The second-order valence-corrected chi connectivity index (χ2v) is 7.59. The number of hydrogen-bond donors (Lipinski definition) is 2. The molecule has 0 atom stereocenters. The van der Waals surface area contributed by atoms with Gasteiger partial charge in [-0.15, -0.1) is 0 Å². The standard InChI is InChI=1S/C17H32N4/c1-9-13-19-14(18-10-2)12(3)15(20-13)21-17(7,8)11-16(4,5)6/h9-11H2,1-8H3,(H2,18,19,20,21). The SMILES string of the molecule is CCNc1nc(CC)nc(NC(C)(C)CC(C)(C)C)c1C. The molecule has 0 amide bonds. The van der Waals surface area contributed by atoms with E-state index in [4.69, 9.17) is 0 Å². The maximum Gasteiger partial charge on any atom is 0.135 e. The Bertz CT molecular complexity index is 472. The highest BCUT2D eigenvalue weighted by Crippen LogP contribution is 2.31. The van der Waals surface area contributed by atoms with Crippen molar-refractivity contribution >= 4 is 11.6 Å². The fraction of sp³-hybridized carbons (Fsp3) is 0.765. The number of hydrogen-bond acceptors (Lipinski definition) is 4. The number of rotatable bonds is 6. The molecule has 0 aromatic carbocycles. The van der Waals surface area contributed by atoms with Gasteiger partial charge in [0.1, 0.15) is 17.5 Å². The molecule has 0 saturated carbocycles. The molecule has 120 valence electrons. The Kier molecular flexibility index (Phi) is 5.60. The molecule has 0 radical (unpaired) electrons. The smallest absolute Gasteiger partial charge is 0.135 e. The highest BCUT2D eigenvalue weighted by molar-refractivity contribution is 5.58. The van der Waals surface area contributed by atoms with Crippen LogP contribution < -0.4 is 10.6 Å². The average molecular weight is 292 g/mol. The summed E-state index contributed by atoms with van der Waals surface area (Å²) in [6.45, 7) is 18.4. The molecule has 1 aromatic heterocycles. The average Bonchev–Trinajstić information content (AvgIpc) is 2.30. The molecule has 4 nitrogen and oxygen atoms in total. The predicted octanol–water partition coefficient (Wildman–Crippen LogP) is 4.41. The van der Waals surface area contributed by atoms with E-state index in [0.717, 1.165) is 42.4 Å². The molecule has 0 spiro atoms. The van der Waals surface area contributed by atoms with Gasteiger partial charge in [0.15, 0.2) is 0 Å². The first-order valence-electron chi connectivity index (χ1n) is 7.97. The predicted molar refractivity (Wildman–Crippen MR) is 92.1 cm³/mol. The molecule has 1 aromatic rings. The summed E-state index contributed by atoms with van der Waals surface area (Å²) in [5.74, 6) is 2.77. The zero-order valence-corrected chi connectivity index (χ0v) is 15.0. The zero-order valence-electron chi connectivity index (χ0n) is 15.0. The van der Waals surface area contributed by atoms with Crippen molar-refractivity contribution in [3.05, 3.63) is 11.4 Å². The van der Waals surface area contributed by atoms with Gasteiger partial charge in [0.05, 0.1) is 0 Å². The number of nitrogens with zero attached hydrogens (tertiary/aromatic N) is 2. The van der Waals surface area contributed by atoms with E-state index in [1.165, 1.54) is 0 Å². The fourth-order valence-corrected chi connectivity index (χ4v) is 2.87.